The first kappa shape index (κ1) is 20.3. The van der Waals surface area contributed by atoms with Crippen molar-refractivity contribution in [2.45, 2.75) is 52.5 Å². The summed E-state index contributed by atoms with van der Waals surface area (Å²) in [7, 11) is 0. The number of aryl methyl sites for hydroxylation is 1. The van der Waals surface area contributed by atoms with Crippen LogP contribution in [0, 0.1) is 12.8 Å². The number of aromatic nitrogens is 5. The number of hydrogen-bond acceptors (Lipinski definition) is 5. The summed E-state index contributed by atoms with van der Waals surface area (Å²) in [6.45, 7) is 7.99. The van der Waals surface area contributed by atoms with E-state index in [4.69, 9.17) is 4.98 Å². The Hall–Kier alpha value is -3.03. The molecule has 1 aliphatic heterocycles. The molecule has 0 aliphatic carbocycles. The highest BCUT2D eigenvalue weighted by molar-refractivity contribution is 5.76. The van der Waals surface area contributed by atoms with Crippen LogP contribution in [0.25, 0.3) is 11.2 Å². The maximum Gasteiger partial charge on any atom is 0.281 e. The molecule has 0 spiro atoms. The number of nitrogens with one attached hydrogen (secondary N) is 1. The van der Waals surface area contributed by atoms with Crippen molar-refractivity contribution in [3.63, 3.8) is 0 Å². The predicted octanol–water partition coefficient (Wildman–Crippen LogP) is 2.62. The Balaban J connectivity index is 1.61. The van der Waals surface area contributed by atoms with Crippen molar-refractivity contribution in [2.24, 2.45) is 5.92 Å². The number of nitrogens with zero attached hydrogens (tertiary/aromatic N) is 5. The molecule has 158 valence electrons. The molecule has 0 bridgehead atoms. The van der Waals surface area contributed by atoms with Crippen molar-refractivity contribution in [2.75, 3.05) is 13.1 Å². The van der Waals surface area contributed by atoms with Crippen LogP contribution >= 0.6 is 0 Å². The van der Waals surface area contributed by atoms with E-state index < -0.39 is 0 Å². The molecule has 1 unspecified atom stereocenters. The third-order valence-electron chi connectivity index (χ3n) is 5.59. The summed E-state index contributed by atoms with van der Waals surface area (Å²) in [5, 5.41) is 8.19. The van der Waals surface area contributed by atoms with Crippen molar-refractivity contribution >= 4 is 17.1 Å². The Labute approximate surface area is 175 Å². The topological polar surface area (TPSA) is 96.8 Å². The summed E-state index contributed by atoms with van der Waals surface area (Å²) in [6.07, 6.45) is 2.33. The number of carbonyl (C=O) groups is 1. The summed E-state index contributed by atoms with van der Waals surface area (Å²) in [4.78, 5) is 34.7. The second-order valence-electron chi connectivity index (χ2n) is 8.63. The third-order valence-corrected chi connectivity index (χ3v) is 5.59. The fourth-order valence-electron chi connectivity index (χ4n) is 3.95. The van der Waals surface area contributed by atoms with Crippen LogP contribution in [0.1, 0.15) is 56.0 Å². The van der Waals surface area contributed by atoms with Gasteiger partial charge in [-0.25, -0.2) is 9.67 Å². The van der Waals surface area contributed by atoms with Crippen LogP contribution in [0.4, 0.5) is 0 Å². The number of amides is 1. The predicted molar refractivity (Wildman–Crippen MR) is 114 cm³/mol. The van der Waals surface area contributed by atoms with Crippen LogP contribution in [0.15, 0.2) is 29.1 Å². The van der Waals surface area contributed by atoms with Gasteiger partial charge in [0.1, 0.15) is 5.82 Å². The van der Waals surface area contributed by atoms with E-state index in [9.17, 15) is 9.59 Å². The zero-order valence-corrected chi connectivity index (χ0v) is 17.8. The Kier molecular flexibility index (Phi) is 5.65. The number of piperidine rings is 1. The second kappa shape index (κ2) is 8.38. The van der Waals surface area contributed by atoms with Gasteiger partial charge in [0.15, 0.2) is 11.2 Å². The number of likely N-dealkylation sites (tertiary alicyclic amines) is 1. The zero-order valence-electron chi connectivity index (χ0n) is 17.8. The quantitative estimate of drug-likeness (QED) is 0.700. The van der Waals surface area contributed by atoms with E-state index in [0.717, 1.165) is 24.9 Å². The number of aromatic amines is 1. The van der Waals surface area contributed by atoms with Gasteiger partial charge >= 0.3 is 0 Å². The smallest absolute Gasteiger partial charge is 0.281 e. The van der Waals surface area contributed by atoms with Crippen LogP contribution in [-0.2, 0) is 11.3 Å². The van der Waals surface area contributed by atoms with Gasteiger partial charge in [0.25, 0.3) is 5.56 Å². The highest BCUT2D eigenvalue weighted by Gasteiger charge is 2.27. The summed E-state index contributed by atoms with van der Waals surface area (Å²) >= 11 is 0. The summed E-state index contributed by atoms with van der Waals surface area (Å²) in [6, 6.07) is 8.17. The maximum atomic E-state index is 12.6. The van der Waals surface area contributed by atoms with Crippen LogP contribution in [0.5, 0.6) is 0 Å². The van der Waals surface area contributed by atoms with Gasteiger partial charge in [-0.2, -0.15) is 0 Å². The Morgan fingerprint density at radius 3 is 2.77 bits per heavy atom. The molecule has 0 radical (unpaired) electrons. The average molecular weight is 409 g/mol. The van der Waals surface area contributed by atoms with Gasteiger partial charge in [-0.05, 0) is 31.2 Å². The Morgan fingerprint density at radius 1 is 1.27 bits per heavy atom. The standard InChI is InChI=1S/C22H28N6O2/c1-14(2)11-18(29)27-10-4-5-17(13-27)20-23-21-19(22(30)24-20)25-26-28(21)12-16-8-6-15(3)7-9-16/h6-9,14,17H,4-5,10-13H2,1-3H3,(H,23,24,30). The third kappa shape index (κ3) is 4.27. The average Bonchev–Trinajstić information content (AvgIpc) is 3.12. The van der Waals surface area contributed by atoms with Gasteiger partial charge in [0.05, 0.1) is 6.54 Å². The summed E-state index contributed by atoms with van der Waals surface area (Å²) < 4.78 is 1.67. The monoisotopic (exact) mass is 408 g/mol. The molecular weight excluding hydrogens is 380 g/mol. The van der Waals surface area contributed by atoms with Crippen molar-refractivity contribution in [3.8, 4) is 0 Å². The van der Waals surface area contributed by atoms with Crippen molar-refractivity contribution < 1.29 is 4.79 Å². The lowest BCUT2D eigenvalue weighted by Gasteiger charge is -2.32. The molecule has 1 aliphatic rings. The van der Waals surface area contributed by atoms with E-state index in [2.05, 4.69) is 29.1 Å². The molecule has 3 heterocycles. The minimum Gasteiger partial charge on any atom is -0.342 e. The largest absolute Gasteiger partial charge is 0.342 e. The molecule has 8 heteroatoms. The first-order valence-corrected chi connectivity index (χ1v) is 10.6. The van der Waals surface area contributed by atoms with E-state index in [-0.39, 0.29) is 22.9 Å². The fraction of sp³-hybridized carbons (Fsp3) is 0.500. The fourth-order valence-corrected chi connectivity index (χ4v) is 3.95. The second-order valence-corrected chi connectivity index (χ2v) is 8.63. The van der Waals surface area contributed by atoms with Crippen LogP contribution in [0.3, 0.4) is 0 Å². The zero-order chi connectivity index (χ0) is 21.3. The number of fused-ring (bicyclic) bond motifs is 1. The van der Waals surface area contributed by atoms with Gasteiger partial charge in [0, 0.05) is 25.4 Å². The number of carbonyl (C=O) groups excluding carboxylic acids is 1. The van der Waals surface area contributed by atoms with Crippen LogP contribution < -0.4 is 5.56 Å². The molecule has 1 fully saturated rings. The Bertz CT molecular complexity index is 1100. The van der Waals surface area contributed by atoms with Gasteiger partial charge in [-0.3, -0.25) is 9.59 Å². The van der Waals surface area contributed by atoms with E-state index >= 15 is 0 Å². The van der Waals surface area contributed by atoms with Crippen LogP contribution in [-0.4, -0.2) is 48.9 Å². The number of H-pyrrole nitrogens is 1. The minimum absolute atomic E-state index is 0.00897. The molecule has 30 heavy (non-hydrogen) atoms. The highest BCUT2D eigenvalue weighted by Crippen LogP contribution is 2.25. The van der Waals surface area contributed by atoms with Gasteiger partial charge in [-0.1, -0.05) is 48.9 Å². The number of hydrogen-bond donors (Lipinski definition) is 1. The van der Waals surface area contributed by atoms with Gasteiger partial charge in [0.2, 0.25) is 5.91 Å². The van der Waals surface area contributed by atoms with Gasteiger partial charge in [-0.15, -0.1) is 5.10 Å². The molecule has 1 atom stereocenters. The van der Waals surface area contributed by atoms with Crippen LogP contribution in [0.2, 0.25) is 0 Å². The van der Waals surface area contributed by atoms with Crippen molar-refractivity contribution in [1.82, 2.24) is 29.9 Å². The molecule has 4 rings (SSSR count). The first-order valence-electron chi connectivity index (χ1n) is 10.6. The first-order chi connectivity index (χ1) is 14.4. The minimum atomic E-state index is -0.282. The summed E-state index contributed by atoms with van der Waals surface area (Å²) in [5.41, 5.74) is 2.71. The molecule has 0 saturated carbocycles. The normalized spacial score (nSPS) is 17.1. The Morgan fingerprint density at radius 2 is 2.03 bits per heavy atom. The lowest BCUT2D eigenvalue weighted by molar-refractivity contribution is -0.133. The molecule has 1 N–H and O–H groups in total. The van der Waals surface area contributed by atoms with Crippen molar-refractivity contribution in [3.05, 3.63) is 51.6 Å². The molecule has 8 nitrogen and oxygen atoms in total. The number of benzene rings is 1. The highest BCUT2D eigenvalue weighted by atomic mass is 16.2. The molecule has 2 aromatic heterocycles. The van der Waals surface area contributed by atoms with Crippen molar-refractivity contribution in [1.29, 1.82) is 0 Å². The molecule has 1 saturated heterocycles. The molecule has 1 aromatic carbocycles. The maximum absolute atomic E-state index is 12.6. The lowest BCUT2D eigenvalue weighted by Crippen LogP contribution is -2.40. The van der Waals surface area contributed by atoms with E-state index in [1.807, 2.05) is 36.1 Å². The van der Waals surface area contributed by atoms with E-state index in [1.54, 1.807) is 4.68 Å². The summed E-state index contributed by atoms with van der Waals surface area (Å²) in [5.74, 6) is 1.12. The molecule has 1 amide bonds. The molecule has 3 aromatic rings. The van der Waals surface area contributed by atoms with E-state index in [1.165, 1.54) is 5.56 Å². The van der Waals surface area contributed by atoms with E-state index in [0.29, 0.717) is 36.9 Å². The number of rotatable bonds is 5. The molecular formula is C22H28N6O2. The van der Waals surface area contributed by atoms with Gasteiger partial charge < -0.3 is 9.88 Å². The SMILES string of the molecule is Cc1ccc(Cn2nnc3c(=O)[nH]c(C4CCCN(C(=O)CC(C)C)C4)nc32)cc1. The lowest BCUT2D eigenvalue weighted by atomic mass is 9.96.